The predicted molar refractivity (Wildman–Crippen MR) is 61.9 cm³/mol. The van der Waals surface area contributed by atoms with Crippen molar-refractivity contribution >= 4 is 0 Å². The van der Waals surface area contributed by atoms with Crippen molar-refractivity contribution in [2.24, 2.45) is 0 Å². The zero-order valence-corrected chi connectivity index (χ0v) is 9.73. The van der Waals surface area contributed by atoms with Crippen LogP contribution in [0.5, 0.6) is 0 Å². The minimum Gasteiger partial charge on any atom is -0.380 e. The molecule has 3 heteroatoms. The molecule has 3 nitrogen and oxygen atoms in total. The molecule has 15 heavy (non-hydrogen) atoms. The lowest BCUT2D eigenvalue weighted by Gasteiger charge is -2.19. The molecule has 0 aliphatic rings. The number of aromatic nitrogens is 1. The second kappa shape index (κ2) is 6.53. The maximum absolute atomic E-state index is 5.24. The molecular weight excluding hydrogens is 188 g/mol. The fourth-order valence-corrected chi connectivity index (χ4v) is 1.36. The second-order valence-corrected chi connectivity index (χ2v) is 3.79. The Hall–Kier alpha value is -0.930. The van der Waals surface area contributed by atoms with E-state index >= 15 is 0 Å². The molecule has 1 aromatic rings. The average molecular weight is 208 g/mol. The van der Waals surface area contributed by atoms with E-state index in [-0.39, 0.29) is 6.10 Å². The van der Waals surface area contributed by atoms with E-state index in [1.807, 2.05) is 24.5 Å². The third-order valence-corrected chi connectivity index (χ3v) is 2.71. The Morgan fingerprint density at radius 1 is 1.33 bits per heavy atom. The molecule has 1 rings (SSSR count). The summed E-state index contributed by atoms with van der Waals surface area (Å²) >= 11 is 0. The molecule has 0 bridgehead atoms. The number of methoxy groups -OCH3 is 1. The van der Waals surface area contributed by atoms with Gasteiger partial charge in [-0.15, -0.1) is 0 Å². The van der Waals surface area contributed by atoms with Crippen LogP contribution in [0.4, 0.5) is 0 Å². The Labute approximate surface area is 91.9 Å². The first kappa shape index (κ1) is 12.1. The molecular formula is C12H20N2O. The molecule has 0 spiro atoms. The summed E-state index contributed by atoms with van der Waals surface area (Å²) in [6.45, 7) is 5.18. The second-order valence-electron chi connectivity index (χ2n) is 3.79. The number of hydrogen-bond donors (Lipinski definition) is 1. The fourth-order valence-electron chi connectivity index (χ4n) is 1.36. The van der Waals surface area contributed by atoms with E-state index in [0.29, 0.717) is 6.04 Å². The van der Waals surface area contributed by atoms with Crippen molar-refractivity contribution in [3.8, 4) is 0 Å². The Bertz CT molecular complexity index is 264. The highest BCUT2D eigenvalue weighted by molar-refractivity contribution is 5.09. The van der Waals surface area contributed by atoms with E-state index in [4.69, 9.17) is 4.74 Å². The molecule has 0 aliphatic heterocycles. The Morgan fingerprint density at radius 3 is 2.60 bits per heavy atom. The summed E-state index contributed by atoms with van der Waals surface area (Å²) in [5.41, 5.74) is 1.31. The molecule has 84 valence electrons. The van der Waals surface area contributed by atoms with Gasteiger partial charge in [-0.25, -0.2) is 0 Å². The van der Waals surface area contributed by atoms with Gasteiger partial charge in [0, 0.05) is 25.5 Å². The molecule has 0 amide bonds. The minimum absolute atomic E-state index is 0.252. The Balaban J connectivity index is 2.22. The smallest absolute Gasteiger partial charge is 0.0693 e. The quantitative estimate of drug-likeness (QED) is 0.771. The lowest BCUT2D eigenvalue weighted by atomic mass is 10.1. The van der Waals surface area contributed by atoms with E-state index in [2.05, 4.69) is 24.1 Å². The summed E-state index contributed by atoms with van der Waals surface area (Å²) in [4.78, 5) is 3.99. The monoisotopic (exact) mass is 208 g/mol. The normalized spacial score (nSPS) is 14.9. The third kappa shape index (κ3) is 4.40. The highest BCUT2D eigenvalue weighted by Crippen LogP contribution is 1.99. The fraction of sp³-hybridized carbons (Fsp3) is 0.583. The molecule has 2 unspecified atom stereocenters. The largest absolute Gasteiger partial charge is 0.380 e. The molecule has 0 saturated carbocycles. The zero-order valence-electron chi connectivity index (χ0n) is 9.73. The van der Waals surface area contributed by atoms with Gasteiger partial charge in [-0.3, -0.25) is 4.98 Å². The van der Waals surface area contributed by atoms with Crippen molar-refractivity contribution in [2.75, 3.05) is 13.7 Å². The first-order valence-electron chi connectivity index (χ1n) is 5.39. The van der Waals surface area contributed by atoms with E-state index in [1.54, 1.807) is 7.11 Å². The highest BCUT2D eigenvalue weighted by atomic mass is 16.5. The van der Waals surface area contributed by atoms with Crippen LogP contribution >= 0.6 is 0 Å². The first-order valence-corrected chi connectivity index (χ1v) is 5.39. The summed E-state index contributed by atoms with van der Waals surface area (Å²) in [5.74, 6) is 0. The van der Waals surface area contributed by atoms with Gasteiger partial charge in [0.25, 0.3) is 0 Å². The van der Waals surface area contributed by atoms with Crippen molar-refractivity contribution in [2.45, 2.75) is 32.4 Å². The topological polar surface area (TPSA) is 34.1 Å². The predicted octanol–water partition coefficient (Wildman–Crippen LogP) is 1.64. The van der Waals surface area contributed by atoms with Crippen LogP contribution in [-0.2, 0) is 11.2 Å². The number of nitrogens with zero attached hydrogens (tertiary/aromatic N) is 1. The van der Waals surface area contributed by atoms with Gasteiger partial charge in [-0.05, 0) is 44.5 Å². The third-order valence-electron chi connectivity index (χ3n) is 2.71. The molecule has 0 aliphatic carbocycles. The van der Waals surface area contributed by atoms with Gasteiger partial charge in [0.05, 0.1) is 6.10 Å². The van der Waals surface area contributed by atoms with E-state index in [1.165, 1.54) is 5.56 Å². The van der Waals surface area contributed by atoms with E-state index in [0.717, 1.165) is 13.0 Å². The zero-order chi connectivity index (χ0) is 11.1. The number of rotatable bonds is 6. The van der Waals surface area contributed by atoms with Crippen molar-refractivity contribution in [1.82, 2.24) is 10.3 Å². The van der Waals surface area contributed by atoms with Crippen LogP contribution < -0.4 is 5.32 Å². The molecule has 0 saturated heterocycles. The molecule has 0 radical (unpaired) electrons. The summed E-state index contributed by atoms with van der Waals surface area (Å²) in [6, 6.07) is 4.48. The van der Waals surface area contributed by atoms with Gasteiger partial charge in [-0.1, -0.05) is 0 Å². The average Bonchev–Trinajstić information content (AvgIpc) is 2.29. The van der Waals surface area contributed by atoms with E-state index < -0.39 is 0 Å². The molecule has 1 N–H and O–H groups in total. The van der Waals surface area contributed by atoms with Crippen LogP contribution in [0.1, 0.15) is 19.4 Å². The standard InChI is InChI=1S/C12H20N2O/c1-10(11(2)15-3)14-9-6-12-4-7-13-8-5-12/h4-5,7-8,10-11,14H,6,9H2,1-3H3. The van der Waals surface area contributed by atoms with Crippen LogP contribution in [-0.4, -0.2) is 30.8 Å². The van der Waals surface area contributed by atoms with Crippen LogP contribution in [0.2, 0.25) is 0 Å². The van der Waals surface area contributed by atoms with Gasteiger partial charge in [-0.2, -0.15) is 0 Å². The van der Waals surface area contributed by atoms with Gasteiger partial charge >= 0.3 is 0 Å². The summed E-state index contributed by atoms with van der Waals surface area (Å²) in [6.07, 6.45) is 4.94. The van der Waals surface area contributed by atoms with Crippen molar-refractivity contribution in [3.05, 3.63) is 30.1 Å². The van der Waals surface area contributed by atoms with E-state index in [9.17, 15) is 0 Å². The number of pyridine rings is 1. The van der Waals surface area contributed by atoms with Crippen molar-refractivity contribution < 1.29 is 4.74 Å². The van der Waals surface area contributed by atoms with Gasteiger partial charge in [0.15, 0.2) is 0 Å². The minimum atomic E-state index is 0.252. The van der Waals surface area contributed by atoms with Crippen LogP contribution in [0.25, 0.3) is 0 Å². The van der Waals surface area contributed by atoms with Crippen molar-refractivity contribution in [1.29, 1.82) is 0 Å². The SMILES string of the molecule is COC(C)C(C)NCCc1ccncc1. The molecule has 1 heterocycles. The molecule has 0 aromatic carbocycles. The summed E-state index contributed by atoms with van der Waals surface area (Å²) in [7, 11) is 1.74. The van der Waals surface area contributed by atoms with Gasteiger partial charge < -0.3 is 10.1 Å². The maximum atomic E-state index is 5.24. The lowest BCUT2D eigenvalue weighted by Crippen LogP contribution is -2.37. The van der Waals surface area contributed by atoms with Gasteiger partial charge in [0.2, 0.25) is 0 Å². The number of ether oxygens (including phenoxy) is 1. The van der Waals surface area contributed by atoms with Crippen LogP contribution in [0.15, 0.2) is 24.5 Å². The van der Waals surface area contributed by atoms with Crippen LogP contribution in [0, 0.1) is 0 Å². The summed E-state index contributed by atoms with van der Waals surface area (Å²) in [5, 5.41) is 3.44. The Morgan fingerprint density at radius 2 is 2.00 bits per heavy atom. The Kier molecular flexibility index (Phi) is 5.29. The van der Waals surface area contributed by atoms with Crippen LogP contribution in [0.3, 0.4) is 0 Å². The molecule has 1 aromatic heterocycles. The first-order chi connectivity index (χ1) is 7.24. The maximum Gasteiger partial charge on any atom is 0.0693 e. The number of hydrogen-bond acceptors (Lipinski definition) is 3. The summed E-state index contributed by atoms with van der Waals surface area (Å²) < 4.78 is 5.24. The lowest BCUT2D eigenvalue weighted by molar-refractivity contribution is 0.0890. The molecule has 2 atom stereocenters. The van der Waals surface area contributed by atoms with Crippen molar-refractivity contribution in [3.63, 3.8) is 0 Å². The number of nitrogens with one attached hydrogen (secondary N) is 1. The molecule has 0 fully saturated rings. The highest BCUT2D eigenvalue weighted by Gasteiger charge is 2.09. The van der Waals surface area contributed by atoms with Gasteiger partial charge in [0.1, 0.15) is 0 Å².